The summed E-state index contributed by atoms with van der Waals surface area (Å²) >= 11 is 0. The third-order valence-corrected chi connectivity index (χ3v) is 4.83. The van der Waals surface area contributed by atoms with E-state index in [-0.39, 0.29) is 5.41 Å². The monoisotopic (exact) mass is 299 g/mol. The van der Waals surface area contributed by atoms with Gasteiger partial charge in [-0.2, -0.15) is 13.2 Å². The van der Waals surface area contributed by atoms with Crippen LogP contribution in [0.25, 0.3) is 0 Å². The molecular formula is C16H20F3NO. The fourth-order valence-corrected chi connectivity index (χ4v) is 3.63. The van der Waals surface area contributed by atoms with Crippen LogP contribution in [0.15, 0.2) is 24.3 Å². The van der Waals surface area contributed by atoms with E-state index >= 15 is 0 Å². The van der Waals surface area contributed by atoms with Gasteiger partial charge in [0, 0.05) is 38.8 Å². The SMILES string of the molecule is COCCCN1C[C@@H]2C[C@]2(c2ccc(C(F)(F)F)cc2)C1. The highest BCUT2D eigenvalue weighted by molar-refractivity contribution is 5.39. The summed E-state index contributed by atoms with van der Waals surface area (Å²) in [5.74, 6) is 0.608. The minimum atomic E-state index is -4.25. The fourth-order valence-electron chi connectivity index (χ4n) is 3.63. The lowest BCUT2D eigenvalue weighted by Crippen LogP contribution is -2.28. The van der Waals surface area contributed by atoms with Crippen molar-refractivity contribution >= 4 is 0 Å². The Hall–Kier alpha value is -1.07. The molecule has 1 saturated carbocycles. The van der Waals surface area contributed by atoms with E-state index in [1.165, 1.54) is 12.1 Å². The lowest BCUT2D eigenvalue weighted by atomic mass is 9.94. The Kier molecular flexibility index (Phi) is 3.74. The number of ether oxygens (including phenoxy) is 1. The average molecular weight is 299 g/mol. The third kappa shape index (κ3) is 2.81. The van der Waals surface area contributed by atoms with Gasteiger partial charge in [0.25, 0.3) is 0 Å². The molecule has 0 N–H and O–H groups in total. The zero-order valence-corrected chi connectivity index (χ0v) is 12.1. The van der Waals surface area contributed by atoms with E-state index in [4.69, 9.17) is 4.74 Å². The topological polar surface area (TPSA) is 12.5 Å². The molecule has 0 amide bonds. The summed E-state index contributed by atoms with van der Waals surface area (Å²) in [6.07, 6.45) is -2.13. The van der Waals surface area contributed by atoms with Crippen LogP contribution in [0.5, 0.6) is 0 Å². The number of methoxy groups -OCH3 is 1. The Morgan fingerprint density at radius 2 is 2.00 bits per heavy atom. The Bertz CT molecular complexity index is 499. The number of halogens is 3. The van der Waals surface area contributed by atoms with Crippen LogP contribution in [-0.2, 0) is 16.3 Å². The van der Waals surface area contributed by atoms with E-state index < -0.39 is 11.7 Å². The molecular weight excluding hydrogens is 279 g/mol. The first-order valence-electron chi connectivity index (χ1n) is 7.35. The Labute approximate surface area is 122 Å². The molecule has 0 spiro atoms. The molecule has 0 radical (unpaired) electrons. The maximum Gasteiger partial charge on any atom is 0.416 e. The minimum absolute atomic E-state index is 0.108. The molecule has 2 fully saturated rings. The van der Waals surface area contributed by atoms with Crippen molar-refractivity contribution in [2.24, 2.45) is 5.92 Å². The molecule has 2 nitrogen and oxygen atoms in total. The van der Waals surface area contributed by atoms with Crippen LogP contribution in [0.4, 0.5) is 13.2 Å². The van der Waals surface area contributed by atoms with Gasteiger partial charge in [-0.1, -0.05) is 12.1 Å². The molecule has 0 aromatic heterocycles. The number of piperidine rings is 1. The fraction of sp³-hybridized carbons (Fsp3) is 0.625. The maximum absolute atomic E-state index is 12.6. The van der Waals surface area contributed by atoms with Gasteiger partial charge in [0.15, 0.2) is 0 Å². The maximum atomic E-state index is 12.6. The van der Waals surface area contributed by atoms with Crippen LogP contribution in [-0.4, -0.2) is 38.3 Å². The van der Waals surface area contributed by atoms with E-state index in [1.54, 1.807) is 19.2 Å². The molecule has 1 saturated heterocycles. The Balaban J connectivity index is 1.65. The molecule has 1 aromatic carbocycles. The summed E-state index contributed by atoms with van der Waals surface area (Å²) < 4.78 is 42.9. The van der Waals surface area contributed by atoms with Crippen molar-refractivity contribution in [3.63, 3.8) is 0 Å². The van der Waals surface area contributed by atoms with Crippen molar-refractivity contribution < 1.29 is 17.9 Å². The number of likely N-dealkylation sites (tertiary alicyclic amines) is 1. The average Bonchev–Trinajstić information content (AvgIpc) is 3.02. The van der Waals surface area contributed by atoms with Crippen LogP contribution < -0.4 is 0 Å². The van der Waals surface area contributed by atoms with Crippen LogP contribution in [0.3, 0.4) is 0 Å². The zero-order chi connectivity index (χ0) is 15.1. The molecule has 0 unspecified atom stereocenters. The molecule has 1 aliphatic carbocycles. The standard InChI is InChI=1S/C16H20F3NO/c1-21-8-2-7-20-10-14-9-15(14,11-20)12-3-5-13(6-4-12)16(17,18)19/h3-6,14H,2,7-11H2,1H3/t14-,15+/m0/s1. The number of nitrogens with zero attached hydrogens (tertiary/aromatic N) is 1. The Morgan fingerprint density at radius 1 is 1.29 bits per heavy atom. The predicted molar refractivity (Wildman–Crippen MR) is 74.2 cm³/mol. The number of benzene rings is 1. The zero-order valence-electron chi connectivity index (χ0n) is 12.1. The predicted octanol–water partition coefficient (Wildman–Crippen LogP) is 3.32. The van der Waals surface area contributed by atoms with Gasteiger partial charge in [0.1, 0.15) is 0 Å². The summed E-state index contributed by atoms with van der Waals surface area (Å²) in [6.45, 7) is 3.79. The van der Waals surface area contributed by atoms with Gasteiger partial charge in [0.2, 0.25) is 0 Å². The quantitative estimate of drug-likeness (QED) is 0.773. The minimum Gasteiger partial charge on any atom is -0.385 e. The molecule has 116 valence electrons. The summed E-state index contributed by atoms with van der Waals surface area (Å²) in [6, 6.07) is 5.77. The first kappa shape index (κ1) is 14.9. The number of hydrogen-bond acceptors (Lipinski definition) is 2. The van der Waals surface area contributed by atoms with Crippen LogP contribution >= 0.6 is 0 Å². The smallest absolute Gasteiger partial charge is 0.385 e. The molecule has 3 rings (SSSR count). The lowest BCUT2D eigenvalue weighted by Gasteiger charge is -2.21. The number of rotatable bonds is 5. The van der Waals surface area contributed by atoms with Gasteiger partial charge in [-0.3, -0.25) is 0 Å². The summed E-state index contributed by atoms with van der Waals surface area (Å²) in [5.41, 5.74) is 0.613. The second kappa shape index (κ2) is 5.29. The van der Waals surface area contributed by atoms with Crippen molar-refractivity contribution in [2.45, 2.75) is 24.4 Å². The van der Waals surface area contributed by atoms with E-state index in [2.05, 4.69) is 4.90 Å². The second-order valence-electron chi connectivity index (χ2n) is 6.21. The summed E-state index contributed by atoms with van der Waals surface area (Å²) in [4.78, 5) is 2.41. The van der Waals surface area contributed by atoms with E-state index in [0.29, 0.717) is 5.92 Å². The van der Waals surface area contributed by atoms with Gasteiger partial charge >= 0.3 is 6.18 Å². The molecule has 2 aliphatic rings. The van der Waals surface area contributed by atoms with E-state index in [0.717, 1.165) is 44.6 Å². The normalized spacial score (nSPS) is 28.7. The molecule has 0 bridgehead atoms. The summed E-state index contributed by atoms with van der Waals surface area (Å²) in [5, 5.41) is 0. The van der Waals surface area contributed by atoms with Gasteiger partial charge in [0.05, 0.1) is 5.56 Å². The number of alkyl halides is 3. The highest BCUT2D eigenvalue weighted by Gasteiger charge is 2.60. The van der Waals surface area contributed by atoms with Gasteiger partial charge < -0.3 is 9.64 Å². The van der Waals surface area contributed by atoms with Crippen LogP contribution in [0.1, 0.15) is 24.0 Å². The summed E-state index contributed by atoms with van der Waals surface area (Å²) in [7, 11) is 1.70. The highest BCUT2D eigenvalue weighted by Crippen LogP contribution is 2.59. The van der Waals surface area contributed by atoms with Crippen LogP contribution in [0.2, 0.25) is 0 Å². The van der Waals surface area contributed by atoms with Crippen molar-refractivity contribution in [2.75, 3.05) is 33.4 Å². The van der Waals surface area contributed by atoms with Gasteiger partial charge in [-0.05, 0) is 36.5 Å². The van der Waals surface area contributed by atoms with E-state index in [9.17, 15) is 13.2 Å². The molecule has 1 aliphatic heterocycles. The molecule has 21 heavy (non-hydrogen) atoms. The number of fused-ring (bicyclic) bond motifs is 1. The molecule has 1 aromatic rings. The first-order valence-corrected chi connectivity index (χ1v) is 7.35. The molecule has 1 heterocycles. The van der Waals surface area contributed by atoms with Crippen molar-refractivity contribution in [1.29, 1.82) is 0 Å². The van der Waals surface area contributed by atoms with E-state index in [1.807, 2.05) is 0 Å². The third-order valence-electron chi connectivity index (χ3n) is 4.83. The Morgan fingerprint density at radius 3 is 2.62 bits per heavy atom. The first-order chi connectivity index (χ1) is 9.95. The molecule has 2 atom stereocenters. The van der Waals surface area contributed by atoms with Crippen molar-refractivity contribution in [3.8, 4) is 0 Å². The lowest BCUT2D eigenvalue weighted by molar-refractivity contribution is -0.137. The molecule has 5 heteroatoms. The highest BCUT2D eigenvalue weighted by atomic mass is 19.4. The van der Waals surface area contributed by atoms with Crippen LogP contribution in [0, 0.1) is 5.92 Å². The van der Waals surface area contributed by atoms with Crippen molar-refractivity contribution in [1.82, 2.24) is 4.90 Å². The van der Waals surface area contributed by atoms with Gasteiger partial charge in [-0.25, -0.2) is 0 Å². The van der Waals surface area contributed by atoms with Crippen molar-refractivity contribution in [3.05, 3.63) is 35.4 Å². The van der Waals surface area contributed by atoms with Gasteiger partial charge in [-0.15, -0.1) is 0 Å². The second-order valence-corrected chi connectivity index (χ2v) is 6.21. The largest absolute Gasteiger partial charge is 0.416 e. The number of hydrogen-bond donors (Lipinski definition) is 0.